The van der Waals surface area contributed by atoms with Gasteiger partial charge in [0.2, 0.25) is 5.96 Å². The largest absolute Gasteiger partial charge is 0.369 e. The average molecular weight is 462 g/mol. The highest BCUT2D eigenvalue weighted by molar-refractivity contribution is 6.00. The molecule has 0 aliphatic carbocycles. The number of guanidine groups is 1. The molecule has 0 aromatic heterocycles. The lowest BCUT2D eigenvalue weighted by molar-refractivity contribution is 0.589. The van der Waals surface area contributed by atoms with Gasteiger partial charge in [-0.2, -0.15) is 10.2 Å². The van der Waals surface area contributed by atoms with Crippen molar-refractivity contribution in [3.8, 4) is 0 Å². The average Bonchev–Trinajstić information content (AvgIpc) is 2.91. The molecule has 0 atom stereocenters. The van der Waals surface area contributed by atoms with Crippen molar-refractivity contribution in [2.75, 3.05) is 62.2 Å². The minimum Gasteiger partial charge on any atom is -0.369 e. The van der Waals surface area contributed by atoms with Gasteiger partial charge in [0.15, 0.2) is 0 Å². The molecule has 4 rings (SSSR count). The van der Waals surface area contributed by atoms with E-state index in [1.165, 1.54) is 11.4 Å². The first-order valence-corrected chi connectivity index (χ1v) is 11.9. The minimum absolute atomic E-state index is 0.0218. The molecule has 2 fully saturated rings. The molecule has 180 valence electrons. The SMILES string of the molecule is C/C(=N\NC(=N)N/N=C(\C)c1ccc(N2CCNCC2)cc1)c1ccc(N2CCNCC2)cc1. The molecule has 0 saturated carbocycles. The van der Waals surface area contributed by atoms with E-state index < -0.39 is 0 Å². The van der Waals surface area contributed by atoms with Crippen molar-refractivity contribution in [1.82, 2.24) is 21.5 Å². The van der Waals surface area contributed by atoms with Gasteiger partial charge >= 0.3 is 0 Å². The van der Waals surface area contributed by atoms with Gasteiger partial charge in [-0.25, -0.2) is 10.9 Å². The molecule has 0 bridgehead atoms. The molecule has 2 aliphatic rings. The number of nitrogens with one attached hydrogen (secondary N) is 5. The van der Waals surface area contributed by atoms with Gasteiger partial charge < -0.3 is 20.4 Å². The van der Waals surface area contributed by atoms with E-state index in [1.807, 2.05) is 13.8 Å². The molecule has 0 amide bonds. The highest BCUT2D eigenvalue weighted by Crippen LogP contribution is 2.17. The Morgan fingerprint density at radius 1 is 0.676 bits per heavy atom. The molecule has 34 heavy (non-hydrogen) atoms. The summed E-state index contributed by atoms with van der Waals surface area (Å²) in [4.78, 5) is 4.76. The summed E-state index contributed by atoms with van der Waals surface area (Å²) in [5.74, 6) is 0.0218. The maximum absolute atomic E-state index is 8.07. The topological polar surface area (TPSA) is 103 Å². The fraction of sp³-hybridized carbons (Fsp3) is 0.400. The highest BCUT2D eigenvalue weighted by atomic mass is 15.5. The molecule has 9 nitrogen and oxygen atoms in total. The standard InChI is InChI=1S/C25H35N9/c1-19(21-3-7-23(8-4-21)33-15-11-27-12-16-33)29-31-25(26)32-30-20(2)22-5-9-24(10-6-22)34-17-13-28-14-18-34/h3-10,27-28H,11-18H2,1-2H3,(H3,26,31,32)/b29-19+,30-20+. The van der Waals surface area contributed by atoms with E-state index in [2.05, 4.69) is 90.0 Å². The first kappa shape index (κ1) is 23.7. The van der Waals surface area contributed by atoms with Crippen molar-refractivity contribution in [2.24, 2.45) is 10.2 Å². The molecule has 2 heterocycles. The summed E-state index contributed by atoms with van der Waals surface area (Å²) in [7, 11) is 0. The van der Waals surface area contributed by atoms with Crippen LogP contribution >= 0.6 is 0 Å². The van der Waals surface area contributed by atoms with Crippen LogP contribution in [-0.2, 0) is 0 Å². The number of rotatable bonds is 6. The summed E-state index contributed by atoms with van der Waals surface area (Å²) in [6.45, 7) is 12.0. The third-order valence-electron chi connectivity index (χ3n) is 6.21. The van der Waals surface area contributed by atoms with Crippen molar-refractivity contribution >= 4 is 28.8 Å². The molecule has 0 unspecified atom stereocenters. The van der Waals surface area contributed by atoms with Crippen LogP contribution in [0.3, 0.4) is 0 Å². The maximum atomic E-state index is 8.07. The third kappa shape index (κ3) is 6.33. The Hall–Kier alpha value is -3.43. The molecule has 2 aromatic rings. The predicted molar refractivity (Wildman–Crippen MR) is 141 cm³/mol. The van der Waals surface area contributed by atoms with Crippen LogP contribution < -0.4 is 31.3 Å². The van der Waals surface area contributed by atoms with E-state index >= 15 is 0 Å². The van der Waals surface area contributed by atoms with Crippen LogP contribution in [0.5, 0.6) is 0 Å². The van der Waals surface area contributed by atoms with E-state index in [-0.39, 0.29) is 5.96 Å². The zero-order chi connectivity index (χ0) is 23.8. The van der Waals surface area contributed by atoms with Crippen LogP contribution in [-0.4, -0.2) is 69.7 Å². The van der Waals surface area contributed by atoms with Crippen molar-refractivity contribution in [1.29, 1.82) is 5.41 Å². The fourth-order valence-corrected chi connectivity index (χ4v) is 4.11. The van der Waals surface area contributed by atoms with Crippen LogP contribution in [0.25, 0.3) is 0 Å². The van der Waals surface area contributed by atoms with Crippen molar-refractivity contribution in [3.63, 3.8) is 0 Å². The number of nitrogens with zero attached hydrogens (tertiary/aromatic N) is 4. The normalized spacial score (nSPS) is 17.5. The summed E-state index contributed by atoms with van der Waals surface area (Å²) in [6.07, 6.45) is 0. The number of hydrazone groups is 2. The lowest BCUT2D eigenvalue weighted by Gasteiger charge is -2.29. The van der Waals surface area contributed by atoms with Gasteiger partial charge in [0.05, 0.1) is 11.4 Å². The van der Waals surface area contributed by atoms with Gasteiger partial charge in [-0.1, -0.05) is 24.3 Å². The van der Waals surface area contributed by atoms with Gasteiger partial charge in [-0.15, -0.1) is 0 Å². The van der Waals surface area contributed by atoms with Crippen LogP contribution in [0.4, 0.5) is 11.4 Å². The van der Waals surface area contributed by atoms with Crippen molar-refractivity contribution < 1.29 is 0 Å². The molecular weight excluding hydrogens is 426 g/mol. The Kier molecular flexibility index (Phi) is 8.11. The molecule has 2 aromatic carbocycles. The van der Waals surface area contributed by atoms with Gasteiger partial charge in [-0.05, 0) is 49.2 Å². The zero-order valence-electron chi connectivity index (χ0n) is 20.1. The van der Waals surface area contributed by atoms with E-state index in [1.54, 1.807) is 0 Å². The van der Waals surface area contributed by atoms with Gasteiger partial charge in [-0.3, -0.25) is 5.41 Å². The van der Waals surface area contributed by atoms with E-state index in [9.17, 15) is 0 Å². The molecular formula is C25H35N9. The second-order valence-corrected chi connectivity index (χ2v) is 8.56. The first-order valence-electron chi connectivity index (χ1n) is 11.9. The second kappa shape index (κ2) is 11.6. The Morgan fingerprint density at radius 2 is 1.03 bits per heavy atom. The van der Waals surface area contributed by atoms with Gasteiger partial charge in [0, 0.05) is 63.7 Å². The Bertz CT molecular complexity index is 918. The number of benzene rings is 2. The molecule has 2 aliphatic heterocycles. The summed E-state index contributed by atoms with van der Waals surface area (Å²) >= 11 is 0. The minimum atomic E-state index is 0.0218. The lowest BCUT2D eigenvalue weighted by Crippen LogP contribution is -2.43. The van der Waals surface area contributed by atoms with Gasteiger partial charge in [0.1, 0.15) is 0 Å². The van der Waals surface area contributed by atoms with Crippen molar-refractivity contribution in [2.45, 2.75) is 13.8 Å². The van der Waals surface area contributed by atoms with Crippen LogP contribution in [0.2, 0.25) is 0 Å². The summed E-state index contributed by atoms with van der Waals surface area (Å²) in [6, 6.07) is 16.8. The maximum Gasteiger partial charge on any atom is 0.230 e. The Morgan fingerprint density at radius 3 is 1.38 bits per heavy atom. The van der Waals surface area contributed by atoms with E-state index in [0.717, 1.165) is 74.9 Å². The van der Waals surface area contributed by atoms with Crippen LogP contribution in [0.15, 0.2) is 58.7 Å². The quantitative estimate of drug-likeness (QED) is 0.255. The molecule has 5 N–H and O–H groups in total. The second-order valence-electron chi connectivity index (χ2n) is 8.56. The Balaban J connectivity index is 1.27. The van der Waals surface area contributed by atoms with Crippen LogP contribution in [0.1, 0.15) is 25.0 Å². The fourth-order valence-electron chi connectivity index (χ4n) is 4.11. The smallest absolute Gasteiger partial charge is 0.230 e. The Labute approximate surface area is 201 Å². The van der Waals surface area contributed by atoms with Gasteiger partial charge in [0.25, 0.3) is 0 Å². The molecule has 2 saturated heterocycles. The summed E-state index contributed by atoms with van der Waals surface area (Å²) < 4.78 is 0. The highest BCUT2D eigenvalue weighted by Gasteiger charge is 2.11. The van der Waals surface area contributed by atoms with Crippen molar-refractivity contribution in [3.05, 3.63) is 59.7 Å². The van der Waals surface area contributed by atoms with E-state index in [0.29, 0.717) is 0 Å². The predicted octanol–water partition coefficient (Wildman–Crippen LogP) is 1.77. The summed E-state index contributed by atoms with van der Waals surface area (Å²) in [5.41, 5.74) is 11.6. The molecule has 0 radical (unpaired) electrons. The summed E-state index contributed by atoms with van der Waals surface area (Å²) in [5, 5.41) is 23.5. The third-order valence-corrected chi connectivity index (χ3v) is 6.21. The number of piperazine rings is 2. The van der Waals surface area contributed by atoms with E-state index in [4.69, 9.17) is 5.41 Å². The first-order chi connectivity index (χ1) is 16.6. The number of hydrogen-bond acceptors (Lipinski definition) is 7. The number of anilines is 2. The van der Waals surface area contributed by atoms with Crippen LogP contribution in [0, 0.1) is 5.41 Å². The zero-order valence-corrected chi connectivity index (χ0v) is 20.1. The lowest BCUT2D eigenvalue weighted by atomic mass is 10.1. The molecule has 0 spiro atoms. The number of hydrogen-bond donors (Lipinski definition) is 5. The molecule has 9 heteroatoms. The monoisotopic (exact) mass is 461 g/mol.